The van der Waals surface area contributed by atoms with E-state index in [1.54, 1.807) is 12.1 Å². The van der Waals surface area contributed by atoms with Crippen molar-refractivity contribution < 1.29 is 9.53 Å². The van der Waals surface area contributed by atoms with Crippen molar-refractivity contribution in [3.63, 3.8) is 0 Å². The zero-order chi connectivity index (χ0) is 13.7. The topological polar surface area (TPSA) is 51.2 Å². The Morgan fingerprint density at radius 2 is 2.00 bits per heavy atom. The van der Waals surface area contributed by atoms with Crippen LogP contribution in [0.1, 0.15) is 10.9 Å². The second-order valence-corrected chi connectivity index (χ2v) is 4.29. The van der Waals surface area contributed by atoms with Gasteiger partial charge in [-0.2, -0.15) is 0 Å². The third-order valence-corrected chi connectivity index (χ3v) is 2.99. The van der Waals surface area contributed by atoms with Crippen molar-refractivity contribution in [3.05, 3.63) is 54.2 Å². The largest absolute Gasteiger partial charge is 0.481 e. The van der Waals surface area contributed by atoms with Gasteiger partial charge < -0.3 is 10.1 Å². The van der Waals surface area contributed by atoms with Gasteiger partial charge in [0.1, 0.15) is 5.38 Å². The molecule has 0 spiro atoms. The maximum Gasteiger partial charge on any atom is 0.247 e. The number of ether oxygens (including phenoxy) is 1. The summed E-state index contributed by atoms with van der Waals surface area (Å²) in [4.78, 5) is 16.0. The van der Waals surface area contributed by atoms with Gasteiger partial charge in [0.25, 0.3) is 0 Å². The van der Waals surface area contributed by atoms with Crippen molar-refractivity contribution in [1.82, 2.24) is 4.98 Å². The number of amides is 1. The van der Waals surface area contributed by atoms with Gasteiger partial charge in [-0.15, -0.1) is 11.6 Å². The molecule has 4 nitrogen and oxygen atoms in total. The Bertz CT molecular complexity index is 543. The highest BCUT2D eigenvalue weighted by Gasteiger charge is 2.17. The molecule has 0 fully saturated rings. The van der Waals surface area contributed by atoms with Crippen LogP contribution in [0.5, 0.6) is 5.88 Å². The third kappa shape index (κ3) is 3.45. The van der Waals surface area contributed by atoms with Gasteiger partial charge in [0.05, 0.1) is 19.0 Å². The fraction of sp³-hybridized carbons (Fsp3) is 0.143. The standard InChI is InChI=1S/C14H13ClN2O2/c1-19-12-8-7-11(9-16-12)17-14(18)13(15)10-5-3-2-4-6-10/h2-9,13H,1H3,(H,17,18). The molecule has 1 atom stereocenters. The molecule has 1 aromatic carbocycles. The quantitative estimate of drug-likeness (QED) is 0.874. The van der Waals surface area contributed by atoms with Gasteiger partial charge in [0, 0.05) is 6.07 Å². The van der Waals surface area contributed by atoms with Crippen LogP contribution in [0.3, 0.4) is 0 Å². The predicted molar refractivity (Wildman–Crippen MR) is 74.5 cm³/mol. The highest BCUT2D eigenvalue weighted by Crippen LogP contribution is 2.22. The number of hydrogen-bond donors (Lipinski definition) is 1. The smallest absolute Gasteiger partial charge is 0.247 e. The van der Waals surface area contributed by atoms with Crippen LogP contribution in [0.2, 0.25) is 0 Å². The molecule has 0 radical (unpaired) electrons. The summed E-state index contributed by atoms with van der Waals surface area (Å²) in [5.41, 5.74) is 1.33. The average molecular weight is 277 g/mol. The van der Waals surface area contributed by atoms with Gasteiger partial charge in [0.15, 0.2) is 0 Å². The number of halogens is 1. The van der Waals surface area contributed by atoms with Crippen molar-refractivity contribution in [2.45, 2.75) is 5.38 Å². The Kier molecular flexibility index (Phi) is 4.36. The Labute approximate surface area is 116 Å². The van der Waals surface area contributed by atoms with E-state index in [4.69, 9.17) is 16.3 Å². The zero-order valence-electron chi connectivity index (χ0n) is 10.3. The first-order chi connectivity index (χ1) is 9.20. The summed E-state index contributed by atoms with van der Waals surface area (Å²) in [7, 11) is 1.53. The van der Waals surface area contributed by atoms with E-state index in [1.165, 1.54) is 13.3 Å². The van der Waals surface area contributed by atoms with Crippen LogP contribution in [-0.4, -0.2) is 18.0 Å². The maximum absolute atomic E-state index is 12.0. The molecule has 1 heterocycles. The van der Waals surface area contributed by atoms with Gasteiger partial charge in [-0.05, 0) is 11.6 Å². The summed E-state index contributed by atoms with van der Waals surface area (Å²) >= 11 is 6.11. The molecule has 0 aliphatic rings. The number of pyridine rings is 1. The molecule has 0 saturated heterocycles. The second kappa shape index (κ2) is 6.20. The summed E-state index contributed by atoms with van der Waals surface area (Å²) in [5, 5.41) is 1.97. The van der Waals surface area contributed by atoms with Crippen LogP contribution in [0.25, 0.3) is 0 Å². The van der Waals surface area contributed by atoms with E-state index in [-0.39, 0.29) is 5.91 Å². The second-order valence-electron chi connectivity index (χ2n) is 3.85. The van der Waals surface area contributed by atoms with Crippen molar-refractivity contribution in [1.29, 1.82) is 0 Å². The lowest BCUT2D eigenvalue weighted by molar-refractivity contribution is -0.116. The molecule has 0 aliphatic carbocycles. The Hall–Kier alpha value is -2.07. The van der Waals surface area contributed by atoms with Crippen LogP contribution < -0.4 is 10.1 Å². The first kappa shape index (κ1) is 13.4. The average Bonchev–Trinajstić information content (AvgIpc) is 2.48. The number of nitrogens with one attached hydrogen (secondary N) is 1. The Morgan fingerprint density at radius 3 is 2.58 bits per heavy atom. The normalized spacial score (nSPS) is 11.7. The number of aromatic nitrogens is 1. The highest BCUT2D eigenvalue weighted by atomic mass is 35.5. The highest BCUT2D eigenvalue weighted by molar-refractivity contribution is 6.32. The lowest BCUT2D eigenvalue weighted by atomic mass is 10.1. The van der Waals surface area contributed by atoms with E-state index in [0.29, 0.717) is 11.6 Å². The summed E-state index contributed by atoms with van der Waals surface area (Å²) in [5.74, 6) is 0.198. The molecule has 98 valence electrons. The first-order valence-corrected chi connectivity index (χ1v) is 6.14. The van der Waals surface area contributed by atoms with Gasteiger partial charge in [-0.3, -0.25) is 4.79 Å². The fourth-order valence-electron chi connectivity index (χ4n) is 1.55. The molecule has 0 saturated carbocycles. The fourth-order valence-corrected chi connectivity index (χ4v) is 1.75. The summed E-state index contributed by atoms with van der Waals surface area (Å²) in [6, 6.07) is 12.5. The number of rotatable bonds is 4. The minimum atomic E-state index is -0.733. The zero-order valence-corrected chi connectivity index (χ0v) is 11.1. The van der Waals surface area contributed by atoms with Gasteiger partial charge in [-0.25, -0.2) is 4.98 Å². The number of alkyl halides is 1. The number of carbonyl (C=O) groups excluding carboxylic acids is 1. The van der Waals surface area contributed by atoms with Crippen LogP contribution in [0.15, 0.2) is 48.7 Å². The van der Waals surface area contributed by atoms with Gasteiger partial charge >= 0.3 is 0 Å². The molecule has 1 unspecified atom stereocenters. The molecule has 2 aromatic rings. The molecule has 2 rings (SSSR count). The molecule has 1 N–H and O–H groups in total. The Balaban J connectivity index is 2.04. The van der Waals surface area contributed by atoms with Crippen LogP contribution in [0, 0.1) is 0 Å². The lowest BCUT2D eigenvalue weighted by Gasteiger charge is -2.10. The number of anilines is 1. The number of nitrogens with zero attached hydrogens (tertiary/aromatic N) is 1. The van der Waals surface area contributed by atoms with Crippen LogP contribution in [-0.2, 0) is 4.79 Å². The van der Waals surface area contributed by atoms with E-state index in [1.807, 2.05) is 30.3 Å². The number of benzene rings is 1. The minimum absolute atomic E-state index is 0.292. The number of hydrogen-bond acceptors (Lipinski definition) is 3. The SMILES string of the molecule is COc1ccc(NC(=O)C(Cl)c2ccccc2)cn1. The van der Waals surface area contributed by atoms with Crippen molar-refractivity contribution >= 4 is 23.2 Å². The van der Waals surface area contributed by atoms with Gasteiger partial charge in [-0.1, -0.05) is 30.3 Å². The van der Waals surface area contributed by atoms with Gasteiger partial charge in [0.2, 0.25) is 11.8 Å². The van der Waals surface area contributed by atoms with Crippen molar-refractivity contribution in [3.8, 4) is 5.88 Å². The van der Waals surface area contributed by atoms with E-state index >= 15 is 0 Å². The van der Waals surface area contributed by atoms with Crippen LogP contribution >= 0.6 is 11.6 Å². The molecular weight excluding hydrogens is 264 g/mol. The maximum atomic E-state index is 12.0. The molecule has 0 aliphatic heterocycles. The molecule has 1 amide bonds. The molecule has 19 heavy (non-hydrogen) atoms. The summed E-state index contributed by atoms with van der Waals surface area (Å²) in [6.07, 6.45) is 1.52. The summed E-state index contributed by atoms with van der Waals surface area (Å²) in [6.45, 7) is 0. The van der Waals surface area contributed by atoms with E-state index in [0.717, 1.165) is 5.56 Å². The predicted octanol–water partition coefficient (Wildman–Crippen LogP) is 3.01. The Morgan fingerprint density at radius 1 is 1.26 bits per heavy atom. The molecule has 1 aromatic heterocycles. The number of methoxy groups -OCH3 is 1. The number of carbonyl (C=O) groups is 1. The molecule has 5 heteroatoms. The summed E-state index contributed by atoms with van der Waals surface area (Å²) < 4.78 is 4.94. The third-order valence-electron chi connectivity index (χ3n) is 2.54. The minimum Gasteiger partial charge on any atom is -0.481 e. The van der Waals surface area contributed by atoms with E-state index in [9.17, 15) is 4.79 Å². The monoisotopic (exact) mass is 276 g/mol. The van der Waals surface area contributed by atoms with E-state index in [2.05, 4.69) is 10.3 Å². The van der Waals surface area contributed by atoms with E-state index < -0.39 is 5.38 Å². The van der Waals surface area contributed by atoms with Crippen molar-refractivity contribution in [2.75, 3.05) is 12.4 Å². The first-order valence-electron chi connectivity index (χ1n) is 5.70. The molecule has 0 bridgehead atoms. The van der Waals surface area contributed by atoms with Crippen LogP contribution in [0.4, 0.5) is 5.69 Å². The van der Waals surface area contributed by atoms with Crippen molar-refractivity contribution in [2.24, 2.45) is 0 Å². The molecular formula is C14H13ClN2O2. The lowest BCUT2D eigenvalue weighted by Crippen LogP contribution is -2.17.